The van der Waals surface area contributed by atoms with Crippen LogP contribution >= 0.6 is 0 Å². The molecule has 0 N–H and O–H groups in total. The van der Waals surface area contributed by atoms with Gasteiger partial charge in [-0.2, -0.15) is 5.26 Å². The van der Waals surface area contributed by atoms with Crippen LogP contribution in [0.15, 0.2) is 18.2 Å². The van der Waals surface area contributed by atoms with E-state index >= 15 is 0 Å². The van der Waals surface area contributed by atoms with Crippen LogP contribution in [0, 0.1) is 17.1 Å². The van der Waals surface area contributed by atoms with E-state index in [1.807, 2.05) is 11.9 Å². The van der Waals surface area contributed by atoms with Crippen LogP contribution in [0.25, 0.3) is 0 Å². The largest absolute Gasteiger partial charge is 0.497 e. The molecule has 0 spiro atoms. The summed E-state index contributed by atoms with van der Waals surface area (Å²) in [6, 6.07) is 6.87. The van der Waals surface area contributed by atoms with Crippen molar-refractivity contribution in [2.45, 2.75) is 13.0 Å². The molecule has 0 saturated heterocycles. The molecular weight excluding hydrogens is 207 g/mol. The lowest BCUT2D eigenvalue weighted by Crippen LogP contribution is -2.19. The summed E-state index contributed by atoms with van der Waals surface area (Å²) in [7, 11) is 3.37. The van der Waals surface area contributed by atoms with Gasteiger partial charge in [-0.15, -0.1) is 0 Å². The Morgan fingerprint density at radius 2 is 2.25 bits per heavy atom. The summed E-state index contributed by atoms with van der Waals surface area (Å²) >= 11 is 0. The first-order valence-corrected chi connectivity index (χ1v) is 5.05. The third kappa shape index (κ3) is 3.52. The standard InChI is InChI=1S/C12H15FN2O/c1-15(7-3-6-14)9-10-4-5-11(16-2)8-12(10)13/h4-5,8H,3,7,9H2,1-2H3. The third-order valence-corrected chi connectivity index (χ3v) is 2.31. The van der Waals surface area contributed by atoms with Gasteiger partial charge in [0.15, 0.2) is 0 Å². The minimum Gasteiger partial charge on any atom is -0.497 e. The van der Waals surface area contributed by atoms with Crippen LogP contribution in [-0.2, 0) is 6.54 Å². The molecule has 0 aliphatic heterocycles. The number of methoxy groups -OCH3 is 1. The molecule has 0 atom stereocenters. The van der Waals surface area contributed by atoms with Crippen molar-refractivity contribution < 1.29 is 9.13 Å². The van der Waals surface area contributed by atoms with Crippen molar-refractivity contribution in [1.82, 2.24) is 4.90 Å². The molecule has 3 nitrogen and oxygen atoms in total. The van der Waals surface area contributed by atoms with Crippen LogP contribution in [0.2, 0.25) is 0 Å². The summed E-state index contributed by atoms with van der Waals surface area (Å²) < 4.78 is 18.5. The van der Waals surface area contributed by atoms with Gasteiger partial charge in [0.2, 0.25) is 0 Å². The van der Waals surface area contributed by atoms with Crippen LogP contribution in [0.1, 0.15) is 12.0 Å². The molecule has 16 heavy (non-hydrogen) atoms. The van der Waals surface area contributed by atoms with Crippen LogP contribution in [0.5, 0.6) is 5.75 Å². The molecule has 0 amide bonds. The highest BCUT2D eigenvalue weighted by Crippen LogP contribution is 2.17. The number of hydrogen-bond acceptors (Lipinski definition) is 3. The molecule has 0 heterocycles. The molecule has 1 aromatic carbocycles. The molecule has 0 bridgehead atoms. The quantitative estimate of drug-likeness (QED) is 0.766. The molecule has 0 unspecified atom stereocenters. The smallest absolute Gasteiger partial charge is 0.131 e. The Kier molecular flexibility index (Phi) is 4.74. The van der Waals surface area contributed by atoms with Crippen molar-refractivity contribution in [3.05, 3.63) is 29.6 Å². The van der Waals surface area contributed by atoms with Gasteiger partial charge in [0.1, 0.15) is 11.6 Å². The molecule has 1 rings (SSSR count). The lowest BCUT2D eigenvalue weighted by atomic mass is 10.2. The van der Waals surface area contributed by atoms with Crippen LogP contribution in [0.3, 0.4) is 0 Å². The molecule has 0 aromatic heterocycles. The van der Waals surface area contributed by atoms with Crippen molar-refractivity contribution in [3.8, 4) is 11.8 Å². The number of hydrogen-bond donors (Lipinski definition) is 0. The maximum atomic E-state index is 13.5. The second-order valence-electron chi connectivity index (χ2n) is 3.60. The number of halogens is 1. The molecule has 0 aliphatic rings. The van der Waals surface area contributed by atoms with Crippen LogP contribution in [-0.4, -0.2) is 25.6 Å². The number of nitriles is 1. The fourth-order valence-electron chi connectivity index (χ4n) is 1.39. The van der Waals surface area contributed by atoms with E-state index in [0.29, 0.717) is 30.8 Å². The van der Waals surface area contributed by atoms with Gasteiger partial charge >= 0.3 is 0 Å². The van der Waals surface area contributed by atoms with Crippen molar-refractivity contribution in [1.29, 1.82) is 5.26 Å². The third-order valence-electron chi connectivity index (χ3n) is 2.31. The number of rotatable bonds is 5. The Morgan fingerprint density at radius 3 is 2.81 bits per heavy atom. The highest BCUT2D eigenvalue weighted by Gasteiger charge is 2.06. The predicted molar refractivity (Wildman–Crippen MR) is 59.5 cm³/mol. The van der Waals surface area contributed by atoms with E-state index in [2.05, 4.69) is 6.07 Å². The van der Waals surface area contributed by atoms with Gasteiger partial charge in [-0.1, -0.05) is 6.07 Å². The van der Waals surface area contributed by atoms with E-state index in [9.17, 15) is 4.39 Å². The molecule has 4 heteroatoms. The monoisotopic (exact) mass is 222 g/mol. The Labute approximate surface area is 95.1 Å². The van der Waals surface area contributed by atoms with Gasteiger partial charge in [-0.25, -0.2) is 4.39 Å². The average molecular weight is 222 g/mol. The molecule has 1 aromatic rings. The zero-order valence-corrected chi connectivity index (χ0v) is 9.53. The first-order valence-electron chi connectivity index (χ1n) is 5.05. The van der Waals surface area contributed by atoms with Crippen molar-refractivity contribution in [3.63, 3.8) is 0 Å². The summed E-state index contributed by atoms with van der Waals surface area (Å²) in [5.74, 6) is 0.240. The first kappa shape index (κ1) is 12.5. The second-order valence-corrected chi connectivity index (χ2v) is 3.60. The molecule has 86 valence electrons. The van der Waals surface area contributed by atoms with Gasteiger partial charge in [0, 0.05) is 31.1 Å². The van der Waals surface area contributed by atoms with E-state index in [1.54, 1.807) is 12.1 Å². The zero-order chi connectivity index (χ0) is 12.0. The summed E-state index contributed by atoms with van der Waals surface area (Å²) in [5, 5.41) is 8.44. The van der Waals surface area contributed by atoms with Crippen molar-refractivity contribution in [2.75, 3.05) is 20.7 Å². The van der Waals surface area contributed by atoms with E-state index in [4.69, 9.17) is 10.00 Å². The number of benzene rings is 1. The van der Waals surface area contributed by atoms with Gasteiger partial charge in [0.25, 0.3) is 0 Å². The first-order chi connectivity index (χ1) is 7.67. The normalized spacial score (nSPS) is 10.2. The highest BCUT2D eigenvalue weighted by atomic mass is 19.1. The fraction of sp³-hybridized carbons (Fsp3) is 0.417. The van der Waals surface area contributed by atoms with Gasteiger partial charge < -0.3 is 9.64 Å². The van der Waals surface area contributed by atoms with E-state index in [-0.39, 0.29) is 5.82 Å². The zero-order valence-electron chi connectivity index (χ0n) is 9.53. The highest BCUT2D eigenvalue weighted by molar-refractivity contribution is 5.28. The Hall–Kier alpha value is -1.60. The van der Waals surface area contributed by atoms with Gasteiger partial charge in [-0.3, -0.25) is 0 Å². The van der Waals surface area contributed by atoms with Gasteiger partial charge in [-0.05, 0) is 13.1 Å². The number of ether oxygens (including phenoxy) is 1. The fourth-order valence-corrected chi connectivity index (χ4v) is 1.39. The molecule has 0 saturated carbocycles. The van der Waals surface area contributed by atoms with Crippen LogP contribution in [0.4, 0.5) is 4.39 Å². The van der Waals surface area contributed by atoms with E-state index in [0.717, 1.165) is 0 Å². The summed E-state index contributed by atoms with van der Waals surface area (Å²) in [5.41, 5.74) is 0.612. The SMILES string of the molecule is COc1ccc(CN(C)CCC#N)c(F)c1. The predicted octanol–water partition coefficient (Wildman–Crippen LogP) is 2.18. The minimum atomic E-state index is -0.275. The van der Waals surface area contributed by atoms with Gasteiger partial charge in [0.05, 0.1) is 13.2 Å². The summed E-state index contributed by atoms with van der Waals surface area (Å²) in [6.45, 7) is 1.14. The van der Waals surface area contributed by atoms with Crippen molar-refractivity contribution >= 4 is 0 Å². The lowest BCUT2D eigenvalue weighted by Gasteiger charge is -2.15. The maximum Gasteiger partial charge on any atom is 0.131 e. The lowest BCUT2D eigenvalue weighted by molar-refractivity contribution is 0.328. The minimum absolute atomic E-state index is 0.275. The maximum absolute atomic E-state index is 13.5. The summed E-state index contributed by atoms with van der Waals surface area (Å²) in [4.78, 5) is 1.91. The molecular formula is C12H15FN2O. The van der Waals surface area contributed by atoms with E-state index < -0.39 is 0 Å². The Balaban J connectivity index is 2.64. The van der Waals surface area contributed by atoms with Crippen molar-refractivity contribution in [2.24, 2.45) is 0 Å². The average Bonchev–Trinajstić information content (AvgIpc) is 2.29. The summed E-state index contributed by atoms with van der Waals surface area (Å²) in [6.07, 6.45) is 0.453. The molecule has 0 radical (unpaired) electrons. The van der Waals surface area contributed by atoms with Crippen LogP contribution < -0.4 is 4.74 Å². The van der Waals surface area contributed by atoms with E-state index in [1.165, 1.54) is 13.2 Å². The second kappa shape index (κ2) is 6.09. The topological polar surface area (TPSA) is 36.3 Å². The Bertz CT molecular complexity index is 387. The Morgan fingerprint density at radius 1 is 1.50 bits per heavy atom. The number of nitrogens with zero attached hydrogens (tertiary/aromatic N) is 2. The molecule has 0 aliphatic carbocycles. The molecule has 0 fully saturated rings.